The van der Waals surface area contributed by atoms with Gasteiger partial charge in [-0.2, -0.15) is 0 Å². The van der Waals surface area contributed by atoms with Crippen LogP contribution in [0.3, 0.4) is 0 Å². The van der Waals surface area contributed by atoms with Gasteiger partial charge in [0.25, 0.3) is 5.91 Å². The van der Waals surface area contributed by atoms with Crippen molar-refractivity contribution in [3.8, 4) is 0 Å². The van der Waals surface area contributed by atoms with E-state index >= 15 is 0 Å². The molecule has 1 N–H and O–H groups in total. The second kappa shape index (κ2) is 5.70. The predicted octanol–water partition coefficient (Wildman–Crippen LogP) is 3.05. The largest absolute Gasteiger partial charge is 0.352 e. The van der Waals surface area contributed by atoms with Gasteiger partial charge < -0.3 is 5.32 Å². The van der Waals surface area contributed by atoms with Gasteiger partial charge in [0.15, 0.2) is 5.78 Å². The fourth-order valence-corrected chi connectivity index (χ4v) is 2.60. The molecular weight excluding hydrogens is 286 g/mol. The van der Waals surface area contributed by atoms with E-state index < -0.39 is 0 Å². The van der Waals surface area contributed by atoms with E-state index in [0.29, 0.717) is 29.1 Å². The van der Waals surface area contributed by atoms with Gasteiger partial charge in [-0.3, -0.25) is 9.59 Å². The number of Topliss-reactive ketones (excluding diaryl/α,β-unsaturated/α-hetero) is 1. The van der Waals surface area contributed by atoms with Crippen LogP contribution in [0.25, 0.3) is 0 Å². The van der Waals surface area contributed by atoms with E-state index in [2.05, 4.69) is 5.32 Å². The fourth-order valence-electron chi connectivity index (χ4n) is 2.47. The molecule has 0 fully saturated rings. The zero-order valence-corrected chi connectivity index (χ0v) is 12.1. The minimum Gasteiger partial charge on any atom is -0.352 e. The normalized spacial score (nSPS) is 13.5. The lowest BCUT2D eigenvalue weighted by atomic mass is 9.95. The van der Waals surface area contributed by atoms with E-state index in [9.17, 15) is 9.59 Å². The molecule has 0 bridgehead atoms. The quantitative estimate of drug-likeness (QED) is 0.886. The van der Waals surface area contributed by atoms with Crippen LogP contribution in [-0.4, -0.2) is 18.2 Å². The number of fused-ring (bicyclic) bond motifs is 1. The predicted molar refractivity (Wildman–Crippen MR) is 82.0 cm³/mol. The molecule has 4 heteroatoms. The highest BCUT2D eigenvalue weighted by Gasteiger charge is 2.18. The van der Waals surface area contributed by atoms with E-state index in [1.807, 2.05) is 18.2 Å². The lowest BCUT2D eigenvalue weighted by molar-refractivity contribution is 0.0946. The van der Waals surface area contributed by atoms with Crippen LogP contribution in [0.5, 0.6) is 0 Å². The summed E-state index contributed by atoms with van der Waals surface area (Å²) in [6.45, 7) is 0.657. The SMILES string of the molecule is O=C(Cc1ccc(Cl)cc1)c1ccc2c(c1)C(=O)NCC2. The molecular formula is C17H14ClNO2. The molecule has 3 rings (SSSR count). The maximum Gasteiger partial charge on any atom is 0.251 e. The third-order valence-corrected chi connectivity index (χ3v) is 3.89. The van der Waals surface area contributed by atoms with Crippen LogP contribution in [0.1, 0.15) is 31.8 Å². The van der Waals surface area contributed by atoms with Crippen molar-refractivity contribution in [3.05, 3.63) is 69.7 Å². The van der Waals surface area contributed by atoms with Gasteiger partial charge in [0.1, 0.15) is 0 Å². The Kier molecular flexibility index (Phi) is 3.76. The molecule has 0 aromatic heterocycles. The molecule has 0 aliphatic carbocycles. The number of hydrogen-bond acceptors (Lipinski definition) is 2. The van der Waals surface area contributed by atoms with Crippen LogP contribution in [-0.2, 0) is 12.8 Å². The number of benzene rings is 2. The van der Waals surface area contributed by atoms with Crippen LogP contribution < -0.4 is 5.32 Å². The van der Waals surface area contributed by atoms with Gasteiger partial charge in [-0.05, 0) is 35.7 Å². The molecule has 1 aliphatic heterocycles. The topological polar surface area (TPSA) is 46.2 Å². The lowest BCUT2D eigenvalue weighted by Gasteiger charge is -2.16. The Morgan fingerprint density at radius 3 is 2.67 bits per heavy atom. The molecule has 21 heavy (non-hydrogen) atoms. The number of carbonyl (C=O) groups excluding carboxylic acids is 2. The molecule has 2 aromatic carbocycles. The average Bonchev–Trinajstić information content (AvgIpc) is 2.50. The molecule has 0 saturated heterocycles. The summed E-state index contributed by atoms with van der Waals surface area (Å²) in [6.07, 6.45) is 1.12. The van der Waals surface area contributed by atoms with E-state index in [1.165, 1.54) is 0 Å². The first kappa shape index (κ1) is 13.8. The highest BCUT2D eigenvalue weighted by molar-refractivity contribution is 6.30. The van der Waals surface area contributed by atoms with Crippen LogP contribution in [0.15, 0.2) is 42.5 Å². The van der Waals surface area contributed by atoms with Gasteiger partial charge in [-0.15, -0.1) is 0 Å². The summed E-state index contributed by atoms with van der Waals surface area (Å²) in [6, 6.07) is 12.6. The zero-order valence-electron chi connectivity index (χ0n) is 11.4. The Bertz CT molecular complexity index is 707. The third kappa shape index (κ3) is 2.98. The number of amides is 1. The minimum absolute atomic E-state index is 0.00139. The number of rotatable bonds is 3. The maximum atomic E-state index is 12.3. The van der Waals surface area contributed by atoms with Gasteiger partial charge in [0.05, 0.1) is 0 Å². The fraction of sp³-hybridized carbons (Fsp3) is 0.176. The van der Waals surface area contributed by atoms with Crippen molar-refractivity contribution in [2.24, 2.45) is 0 Å². The van der Waals surface area contributed by atoms with Crippen LogP contribution in [0.4, 0.5) is 0 Å². The van der Waals surface area contributed by atoms with Crippen molar-refractivity contribution in [2.75, 3.05) is 6.54 Å². The first-order valence-electron chi connectivity index (χ1n) is 6.82. The molecule has 1 amide bonds. The third-order valence-electron chi connectivity index (χ3n) is 3.63. The van der Waals surface area contributed by atoms with Gasteiger partial charge in [0.2, 0.25) is 0 Å². The summed E-state index contributed by atoms with van der Waals surface area (Å²) < 4.78 is 0. The summed E-state index contributed by atoms with van der Waals surface area (Å²) >= 11 is 5.83. The van der Waals surface area contributed by atoms with E-state index in [0.717, 1.165) is 17.5 Å². The molecule has 0 radical (unpaired) electrons. The zero-order chi connectivity index (χ0) is 14.8. The van der Waals surface area contributed by atoms with E-state index in [1.54, 1.807) is 24.3 Å². The van der Waals surface area contributed by atoms with Crippen molar-refractivity contribution in [2.45, 2.75) is 12.8 Å². The number of halogens is 1. The van der Waals surface area contributed by atoms with E-state index in [-0.39, 0.29) is 11.7 Å². The van der Waals surface area contributed by atoms with Gasteiger partial charge in [-0.25, -0.2) is 0 Å². The molecule has 1 aliphatic rings. The average molecular weight is 300 g/mol. The molecule has 1 heterocycles. The summed E-state index contributed by atoms with van der Waals surface area (Å²) in [5.74, 6) is -0.101. The van der Waals surface area contributed by atoms with Crippen LogP contribution in [0, 0.1) is 0 Å². The number of carbonyl (C=O) groups is 2. The second-order valence-corrected chi connectivity index (χ2v) is 5.54. The van der Waals surface area contributed by atoms with Crippen LogP contribution >= 0.6 is 11.6 Å². The molecule has 0 spiro atoms. The molecule has 0 atom stereocenters. The standard InChI is InChI=1S/C17H14ClNO2/c18-14-5-1-11(2-6-14)9-16(20)13-4-3-12-7-8-19-17(21)15(12)10-13/h1-6,10H,7-9H2,(H,19,21). The summed E-state index contributed by atoms with van der Waals surface area (Å²) in [5, 5.41) is 3.45. The number of nitrogens with one attached hydrogen (secondary N) is 1. The van der Waals surface area contributed by atoms with Gasteiger partial charge in [-0.1, -0.05) is 35.9 Å². The highest BCUT2D eigenvalue weighted by Crippen LogP contribution is 2.18. The summed E-state index contributed by atoms with van der Waals surface area (Å²) in [4.78, 5) is 24.1. The van der Waals surface area contributed by atoms with Gasteiger partial charge in [0, 0.05) is 29.1 Å². The Morgan fingerprint density at radius 2 is 1.90 bits per heavy atom. The van der Waals surface area contributed by atoms with Crippen molar-refractivity contribution in [3.63, 3.8) is 0 Å². The summed E-state index contributed by atoms with van der Waals surface area (Å²) in [7, 11) is 0. The monoisotopic (exact) mass is 299 g/mol. The van der Waals surface area contributed by atoms with Crippen molar-refractivity contribution in [1.82, 2.24) is 5.32 Å². The summed E-state index contributed by atoms with van der Waals surface area (Å²) in [5.41, 5.74) is 3.09. The smallest absolute Gasteiger partial charge is 0.251 e. The van der Waals surface area contributed by atoms with Crippen molar-refractivity contribution < 1.29 is 9.59 Å². The first-order valence-corrected chi connectivity index (χ1v) is 7.20. The van der Waals surface area contributed by atoms with Crippen molar-refractivity contribution >= 4 is 23.3 Å². The molecule has 0 saturated carbocycles. The van der Waals surface area contributed by atoms with Crippen molar-refractivity contribution in [1.29, 1.82) is 0 Å². The molecule has 106 valence electrons. The Hall–Kier alpha value is -2.13. The molecule has 0 unspecified atom stereocenters. The van der Waals surface area contributed by atoms with E-state index in [4.69, 9.17) is 11.6 Å². The minimum atomic E-state index is -0.0996. The maximum absolute atomic E-state index is 12.3. The molecule has 3 nitrogen and oxygen atoms in total. The Morgan fingerprint density at radius 1 is 1.14 bits per heavy atom. The van der Waals surface area contributed by atoms with Crippen LogP contribution in [0.2, 0.25) is 5.02 Å². The number of ketones is 1. The highest BCUT2D eigenvalue weighted by atomic mass is 35.5. The first-order chi connectivity index (χ1) is 10.1. The lowest BCUT2D eigenvalue weighted by Crippen LogP contribution is -2.32. The second-order valence-electron chi connectivity index (χ2n) is 5.10. The molecule has 2 aromatic rings. The Labute approximate surface area is 127 Å². The Balaban J connectivity index is 1.83. The number of hydrogen-bond donors (Lipinski definition) is 1. The van der Waals surface area contributed by atoms with Gasteiger partial charge >= 0.3 is 0 Å².